The molecule has 1 heterocycles. The van der Waals surface area contributed by atoms with Gasteiger partial charge in [0.05, 0.1) is 7.11 Å². The van der Waals surface area contributed by atoms with Crippen molar-refractivity contribution in [3.05, 3.63) is 59.2 Å². The van der Waals surface area contributed by atoms with E-state index in [4.69, 9.17) is 4.74 Å². The molecule has 0 aromatic heterocycles. The molecule has 2 N–H and O–H groups in total. The van der Waals surface area contributed by atoms with Crippen LogP contribution in [0.25, 0.3) is 0 Å². The Hall–Kier alpha value is -2.73. The topological polar surface area (TPSA) is 65.0 Å². The van der Waals surface area contributed by atoms with Crippen LogP contribution >= 0.6 is 0 Å². The third kappa shape index (κ3) is 5.16. The van der Waals surface area contributed by atoms with Gasteiger partial charge in [-0.05, 0) is 41.7 Å². The van der Waals surface area contributed by atoms with E-state index in [2.05, 4.69) is 34.5 Å². The second-order valence-corrected chi connectivity index (χ2v) is 7.24. The van der Waals surface area contributed by atoms with Crippen LogP contribution in [0.5, 0.6) is 11.5 Å². The van der Waals surface area contributed by atoms with Crippen LogP contribution in [-0.4, -0.2) is 54.7 Å². The summed E-state index contributed by atoms with van der Waals surface area (Å²) in [4.78, 5) is 16.3. The van der Waals surface area contributed by atoms with Crippen molar-refractivity contribution in [3.8, 4) is 11.5 Å². The van der Waals surface area contributed by atoms with Crippen molar-refractivity contribution in [1.82, 2.24) is 15.1 Å². The number of rotatable bonds is 7. The van der Waals surface area contributed by atoms with E-state index in [9.17, 15) is 9.90 Å². The summed E-state index contributed by atoms with van der Waals surface area (Å²) in [6, 6.07) is 13.7. The fourth-order valence-electron chi connectivity index (χ4n) is 3.56. The standard InChI is InChI=1S/C22H29N3O3/c1-24(15-17-8-9-21(28-2)20(26)14-17)22(27)23-11-5-12-25-13-10-18-6-3-4-7-19(18)16-25/h3-4,6-9,14,26H,5,10-13,15-16H2,1-2H3,(H,23,27). The van der Waals surface area contributed by atoms with E-state index in [0.717, 1.165) is 38.0 Å². The molecule has 28 heavy (non-hydrogen) atoms. The molecule has 0 saturated heterocycles. The molecule has 0 saturated carbocycles. The Bertz CT molecular complexity index is 809. The normalized spacial score (nSPS) is 13.6. The Kier molecular flexibility index (Phi) is 6.76. The molecule has 0 bridgehead atoms. The van der Waals surface area contributed by atoms with Gasteiger partial charge in [0.1, 0.15) is 0 Å². The van der Waals surface area contributed by atoms with Crippen molar-refractivity contribution >= 4 is 6.03 Å². The summed E-state index contributed by atoms with van der Waals surface area (Å²) >= 11 is 0. The second kappa shape index (κ2) is 9.46. The quantitative estimate of drug-likeness (QED) is 0.722. The van der Waals surface area contributed by atoms with Crippen molar-refractivity contribution < 1.29 is 14.6 Å². The molecule has 0 spiro atoms. The number of benzene rings is 2. The summed E-state index contributed by atoms with van der Waals surface area (Å²) in [5.41, 5.74) is 3.72. The molecule has 2 amide bonds. The molecular weight excluding hydrogens is 354 g/mol. The van der Waals surface area contributed by atoms with Crippen molar-refractivity contribution in [1.29, 1.82) is 0 Å². The fourth-order valence-corrected chi connectivity index (χ4v) is 3.56. The molecule has 2 aromatic carbocycles. The van der Waals surface area contributed by atoms with Crippen LogP contribution in [0.1, 0.15) is 23.1 Å². The Morgan fingerprint density at radius 3 is 2.79 bits per heavy atom. The van der Waals surface area contributed by atoms with E-state index in [0.29, 0.717) is 18.8 Å². The average molecular weight is 383 g/mol. The molecule has 0 unspecified atom stereocenters. The summed E-state index contributed by atoms with van der Waals surface area (Å²) in [6.07, 6.45) is 2.02. The predicted octanol–water partition coefficient (Wildman–Crippen LogP) is 2.99. The first-order chi connectivity index (χ1) is 13.6. The first-order valence-corrected chi connectivity index (χ1v) is 9.71. The van der Waals surface area contributed by atoms with E-state index >= 15 is 0 Å². The lowest BCUT2D eigenvalue weighted by Gasteiger charge is -2.28. The smallest absolute Gasteiger partial charge is 0.317 e. The van der Waals surface area contributed by atoms with Crippen LogP contribution < -0.4 is 10.1 Å². The summed E-state index contributed by atoms with van der Waals surface area (Å²) in [5, 5.41) is 12.8. The highest BCUT2D eigenvalue weighted by atomic mass is 16.5. The number of fused-ring (bicyclic) bond motifs is 1. The largest absolute Gasteiger partial charge is 0.504 e. The Morgan fingerprint density at radius 2 is 2.04 bits per heavy atom. The summed E-state index contributed by atoms with van der Waals surface area (Å²) in [5.74, 6) is 0.508. The molecular formula is C22H29N3O3. The van der Waals surface area contributed by atoms with Gasteiger partial charge < -0.3 is 20.1 Å². The third-order valence-electron chi connectivity index (χ3n) is 5.15. The number of carbonyl (C=O) groups is 1. The van der Waals surface area contributed by atoms with Gasteiger partial charge in [0.2, 0.25) is 0 Å². The number of amides is 2. The maximum absolute atomic E-state index is 12.3. The first kappa shape index (κ1) is 20.0. The van der Waals surface area contributed by atoms with E-state index in [-0.39, 0.29) is 11.8 Å². The van der Waals surface area contributed by atoms with Gasteiger partial charge in [-0.25, -0.2) is 4.79 Å². The lowest BCUT2D eigenvalue weighted by molar-refractivity contribution is 0.204. The number of aromatic hydroxyl groups is 1. The number of nitrogens with one attached hydrogen (secondary N) is 1. The van der Waals surface area contributed by atoms with Crippen LogP contribution in [-0.2, 0) is 19.5 Å². The van der Waals surface area contributed by atoms with Gasteiger partial charge in [-0.1, -0.05) is 30.3 Å². The number of phenols is 1. The monoisotopic (exact) mass is 383 g/mol. The van der Waals surface area contributed by atoms with Crippen LogP contribution in [0.4, 0.5) is 4.79 Å². The molecule has 0 radical (unpaired) electrons. The molecule has 1 aliphatic heterocycles. The van der Waals surface area contributed by atoms with Gasteiger partial charge in [0, 0.05) is 39.8 Å². The first-order valence-electron chi connectivity index (χ1n) is 9.71. The Balaban J connectivity index is 1.38. The molecule has 6 nitrogen and oxygen atoms in total. The lowest BCUT2D eigenvalue weighted by atomic mass is 10.00. The van der Waals surface area contributed by atoms with Crippen molar-refractivity contribution in [3.63, 3.8) is 0 Å². The molecule has 0 fully saturated rings. The maximum atomic E-state index is 12.3. The van der Waals surface area contributed by atoms with Crippen LogP contribution in [0.15, 0.2) is 42.5 Å². The molecule has 150 valence electrons. The Morgan fingerprint density at radius 1 is 1.25 bits per heavy atom. The number of hydrogen-bond donors (Lipinski definition) is 2. The van der Waals surface area contributed by atoms with Crippen LogP contribution in [0, 0.1) is 0 Å². The van der Waals surface area contributed by atoms with Gasteiger partial charge in [-0.2, -0.15) is 0 Å². The summed E-state index contributed by atoms with van der Waals surface area (Å²) in [7, 11) is 3.26. The number of urea groups is 1. The molecule has 6 heteroatoms. The van der Waals surface area contributed by atoms with E-state index in [1.165, 1.54) is 18.2 Å². The molecule has 1 aliphatic rings. The highest BCUT2D eigenvalue weighted by Gasteiger charge is 2.15. The van der Waals surface area contributed by atoms with Crippen molar-refractivity contribution in [2.75, 3.05) is 33.8 Å². The minimum absolute atomic E-state index is 0.0805. The fraction of sp³-hybridized carbons (Fsp3) is 0.409. The van der Waals surface area contributed by atoms with Gasteiger partial charge in [0.15, 0.2) is 11.5 Å². The number of phenolic OH excluding ortho intramolecular Hbond substituents is 1. The molecule has 0 aliphatic carbocycles. The maximum Gasteiger partial charge on any atom is 0.317 e. The summed E-state index contributed by atoms with van der Waals surface area (Å²) in [6.45, 7) is 4.11. The van der Waals surface area contributed by atoms with Crippen molar-refractivity contribution in [2.45, 2.75) is 25.9 Å². The highest BCUT2D eigenvalue weighted by Crippen LogP contribution is 2.26. The zero-order chi connectivity index (χ0) is 19.9. The molecule has 3 rings (SSSR count). The lowest BCUT2D eigenvalue weighted by Crippen LogP contribution is -2.38. The number of ether oxygens (including phenoxy) is 1. The Labute approximate surface area is 166 Å². The number of hydrogen-bond acceptors (Lipinski definition) is 4. The van der Waals surface area contributed by atoms with Gasteiger partial charge in [-0.3, -0.25) is 4.90 Å². The van der Waals surface area contributed by atoms with Crippen molar-refractivity contribution in [2.24, 2.45) is 0 Å². The van der Waals surface area contributed by atoms with Crippen LogP contribution in [0.2, 0.25) is 0 Å². The number of nitrogens with zero attached hydrogens (tertiary/aromatic N) is 2. The minimum Gasteiger partial charge on any atom is -0.504 e. The zero-order valence-electron chi connectivity index (χ0n) is 16.6. The zero-order valence-corrected chi connectivity index (χ0v) is 16.6. The van der Waals surface area contributed by atoms with Gasteiger partial charge in [-0.15, -0.1) is 0 Å². The predicted molar refractivity (Wildman–Crippen MR) is 110 cm³/mol. The second-order valence-electron chi connectivity index (χ2n) is 7.24. The van der Waals surface area contributed by atoms with E-state index < -0.39 is 0 Å². The van der Waals surface area contributed by atoms with E-state index in [1.807, 2.05) is 6.07 Å². The van der Waals surface area contributed by atoms with Crippen LogP contribution in [0.3, 0.4) is 0 Å². The number of carbonyl (C=O) groups excluding carboxylic acids is 1. The minimum atomic E-state index is -0.112. The van der Waals surface area contributed by atoms with Gasteiger partial charge >= 0.3 is 6.03 Å². The summed E-state index contributed by atoms with van der Waals surface area (Å²) < 4.78 is 5.04. The highest BCUT2D eigenvalue weighted by molar-refractivity contribution is 5.73. The SMILES string of the molecule is COc1ccc(CN(C)C(=O)NCCCN2CCc3ccccc3C2)cc1O. The van der Waals surface area contributed by atoms with Gasteiger partial charge in [0.25, 0.3) is 0 Å². The van der Waals surface area contributed by atoms with E-state index in [1.54, 1.807) is 24.1 Å². The average Bonchev–Trinajstić information content (AvgIpc) is 2.71. The molecule has 2 aromatic rings. The third-order valence-corrected chi connectivity index (χ3v) is 5.15. The molecule has 0 atom stereocenters. The number of methoxy groups -OCH3 is 1.